The van der Waals surface area contributed by atoms with Gasteiger partial charge in [-0.15, -0.1) is 0 Å². The molecule has 0 aliphatic carbocycles. The second-order valence-corrected chi connectivity index (χ2v) is 6.22. The van der Waals surface area contributed by atoms with E-state index in [2.05, 4.69) is 10.3 Å². The molecule has 25 heavy (non-hydrogen) atoms. The average Bonchev–Trinajstić information content (AvgIpc) is 2.58. The van der Waals surface area contributed by atoms with Crippen LogP contribution in [0.25, 0.3) is 11.0 Å². The molecule has 5 nitrogen and oxygen atoms in total. The van der Waals surface area contributed by atoms with Crippen molar-refractivity contribution in [3.8, 4) is 0 Å². The maximum Gasteiger partial charge on any atom is 0.272 e. The summed E-state index contributed by atoms with van der Waals surface area (Å²) in [6, 6.07) is 11.1. The minimum absolute atomic E-state index is 0.0949. The molecule has 1 aromatic heterocycles. The van der Waals surface area contributed by atoms with Crippen LogP contribution in [0.1, 0.15) is 34.1 Å². The number of nitrogens with one attached hydrogen (secondary N) is 1. The number of aromatic nitrogens is 2. The lowest BCUT2D eigenvalue weighted by Crippen LogP contribution is -2.23. The first-order chi connectivity index (χ1) is 11.9. The molecule has 0 unspecified atom stereocenters. The van der Waals surface area contributed by atoms with E-state index < -0.39 is 0 Å². The maximum absolute atomic E-state index is 12.6. The van der Waals surface area contributed by atoms with Gasteiger partial charge in [-0.1, -0.05) is 17.7 Å². The van der Waals surface area contributed by atoms with Gasteiger partial charge in [0, 0.05) is 17.8 Å². The first kappa shape index (κ1) is 16.9. The highest BCUT2D eigenvalue weighted by Gasteiger charge is 2.12. The highest BCUT2D eigenvalue weighted by molar-refractivity contribution is 6.06. The monoisotopic (exact) mass is 335 g/mol. The van der Waals surface area contributed by atoms with Crippen LogP contribution in [0.3, 0.4) is 0 Å². The molecule has 0 saturated heterocycles. The summed E-state index contributed by atoms with van der Waals surface area (Å²) < 4.78 is 1.67. The largest absolute Gasteiger partial charge is 0.322 e. The number of hydrogen-bond donors (Lipinski definition) is 1. The average molecular weight is 335 g/mol. The number of carbonyl (C=O) groups is 1. The van der Waals surface area contributed by atoms with Gasteiger partial charge in [-0.05, 0) is 57.5 Å². The topological polar surface area (TPSA) is 64.0 Å². The van der Waals surface area contributed by atoms with Crippen molar-refractivity contribution in [2.75, 3.05) is 5.32 Å². The molecule has 0 radical (unpaired) electrons. The van der Waals surface area contributed by atoms with Gasteiger partial charge in [0.2, 0.25) is 0 Å². The summed E-state index contributed by atoms with van der Waals surface area (Å²) in [6.45, 7) is 8.15. The summed E-state index contributed by atoms with van der Waals surface area (Å²) in [5.41, 5.74) is 5.19. The van der Waals surface area contributed by atoms with Gasteiger partial charge in [0.25, 0.3) is 11.5 Å². The van der Waals surface area contributed by atoms with Gasteiger partial charge in [0.15, 0.2) is 0 Å². The number of fused-ring (bicyclic) bond motifs is 1. The smallest absolute Gasteiger partial charge is 0.272 e. The molecule has 1 amide bonds. The van der Waals surface area contributed by atoms with E-state index in [9.17, 15) is 9.59 Å². The summed E-state index contributed by atoms with van der Waals surface area (Å²) in [5.74, 6) is -0.192. The molecular weight excluding hydrogens is 314 g/mol. The molecule has 0 aliphatic rings. The number of carbonyl (C=O) groups excluding carboxylic acids is 1. The molecular formula is C20H21N3O2. The molecule has 0 aliphatic heterocycles. The molecule has 0 bridgehead atoms. The van der Waals surface area contributed by atoms with Crippen LogP contribution in [0.15, 0.2) is 41.2 Å². The van der Waals surface area contributed by atoms with Crippen LogP contribution < -0.4 is 10.9 Å². The quantitative estimate of drug-likeness (QED) is 0.795. The third kappa shape index (κ3) is 3.18. The zero-order valence-electron chi connectivity index (χ0n) is 14.9. The summed E-state index contributed by atoms with van der Waals surface area (Å²) in [7, 11) is 0. The second kappa shape index (κ2) is 6.51. The lowest BCUT2D eigenvalue weighted by atomic mass is 10.1. The van der Waals surface area contributed by atoms with Crippen LogP contribution in [0.4, 0.5) is 5.69 Å². The normalized spacial score (nSPS) is 10.9. The van der Waals surface area contributed by atoms with Crippen molar-refractivity contribution >= 4 is 22.6 Å². The van der Waals surface area contributed by atoms with Crippen LogP contribution >= 0.6 is 0 Å². The SMILES string of the molecule is CCn1c(=O)c(C)nc2cc(C(=O)Nc3ccc(C)cc3C)ccc21. The highest BCUT2D eigenvalue weighted by atomic mass is 16.1. The molecule has 2 aromatic carbocycles. The highest BCUT2D eigenvalue weighted by Crippen LogP contribution is 2.19. The van der Waals surface area contributed by atoms with Crippen LogP contribution in [0, 0.1) is 20.8 Å². The van der Waals surface area contributed by atoms with Gasteiger partial charge in [0.1, 0.15) is 5.69 Å². The van der Waals surface area contributed by atoms with Crippen LogP contribution in [0.2, 0.25) is 0 Å². The van der Waals surface area contributed by atoms with Crippen molar-refractivity contribution in [3.05, 3.63) is 69.1 Å². The number of benzene rings is 2. The second-order valence-electron chi connectivity index (χ2n) is 6.22. The van der Waals surface area contributed by atoms with Crippen LogP contribution in [0.5, 0.6) is 0 Å². The van der Waals surface area contributed by atoms with Crippen molar-refractivity contribution in [1.82, 2.24) is 9.55 Å². The summed E-state index contributed by atoms with van der Waals surface area (Å²) in [4.78, 5) is 29.1. The van der Waals surface area contributed by atoms with Crippen LogP contribution in [-0.4, -0.2) is 15.5 Å². The fourth-order valence-corrected chi connectivity index (χ4v) is 2.98. The lowest BCUT2D eigenvalue weighted by Gasteiger charge is -2.11. The predicted octanol–water partition coefficient (Wildman–Crippen LogP) is 3.59. The molecule has 0 fully saturated rings. The molecule has 1 heterocycles. The fourth-order valence-electron chi connectivity index (χ4n) is 2.98. The van der Waals surface area contributed by atoms with E-state index in [0.717, 1.165) is 22.3 Å². The summed E-state index contributed by atoms with van der Waals surface area (Å²) in [6.07, 6.45) is 0. The number of amides is 1. The zero-order valence-corrected chi connectivity index (χ0v) is 14.9. The Morgan fingerprint density at radius 1 is 1.12 bits per heavy atom. The van der Waals surface area contributed by atoms with Gasteiger partial charge in [-0.25, -0.2) is 4.98 Å². The first-order valence-electron chi connectivity index (χ1n) is 8.30. The third-order valence-electron chi connectivity index (χ3n) is 4.32. The lowest BCUT2D eigenvalue weighted by molar-refractivity contribution is 0.102. The van der Waals surface area contributed by atoms with E-state index >= 15 is 0 Å². The van der Waals surface area contributed by atoms with Crippen molar-refractivity contribution < 1.29 is 4.79 Å². The number of aryl methyl sites for hydroxylation is 4. The van der Waals surface area contributed by atoms with Gasteiger partial charge in [-0.3, -0.25) is 9.59 Å². The van der Waals surface area contributed by atoms with E-state index in [1.165, 1.54) is 0 Å². The Labute approximate surface area is 146 Å². The minimum atomic E-state index is -0.192. The minimum Gasteiger partial charge on any atom is -0.322 e. The van der Waals surface area contributed by atoms with E-state index in [1.54, 1.807) is 29.7 Å². The summed E-state index contributed by atoms with van der Waals surface area (Å²) >= 11 is 0. The molecule has 0 atom stereocenters. The van der Waals surface area contributed by atoms with Crippen molar-refractivity contribution in [2.24, 2.45) is 0 Å². The third-order valence-corrected chi connectivity index (χ3v) is 4.32. The maximum atomic E-state index is 12.6. The van der Waals surface area contributed by atoms with Crippen LogP contribution in [-0.2, 0) is 6.54 Å². The number of anilines is 1. The van der Waals surface area contributed by atoms with E-state index in [4.69, 9.17) is 0 Å². The number of hydrogen-bond acceptors (Lipinski definition) is 3. The molecule has 0 spiro atoms. The molecule has 128 valence electrons. The first-order valence-corrected chi connectivity index (χ1v) is 8.30. The Morgan fingerprint density at radius 3 is 2.56 bits per heavy atom. The van der Waals surface area contributed by atoms with Gasteiger partial charge in [0.05, 0.1) is 11.0 Å². The summed E-state index contributed by atoms with van der Waals surface area (Å²) in [5, 5.41) is 2.94. The van der Waals surface area contributed by atoms with E-state index in [0.29, 0.717) is 23.3 Å². The molecule has 3 aromatic rings. The fraction of sp³-hybridized carbons (Fsp3) is 0.250. The van der Waals surface area contributed by atoms with Crippen molar-refractivity contribution in [1.29, 1.82) is 0 Å². The molecule has 0 saturated carbocycles. The number of rotatable bonds is 3. The predicted molar refractivity (Wildman–Crippen MR) is 100 cm³/mol. The standard InChI is InChI=1S/C20H21N3O2/c1-5-23-18-9-7-15(11-17(18)21-14(4)20(23)25)19(24)22-16-8-6-12(2)10-13(16)3/h6-11H,5H2,1-4H3,(H,22,24). The van der Waals surface area contributed by atoms with Crippen molar-refractivity contribution in [3.63, 3.8) is 0 Å². The Morgan fingerprint density at radius 2 is 1.88 bits per heavy atom. The Kier molecular flexibility index (Phi) is 4.40. The Bertz CT molecular complexity index is 1040. The van der Waals surface area contributed by atoms with E-state index in [-0.39, 0.29) is 11.5 Å². The Hall–Kier alpha value is -2.95. The van der Waals surface area contributed by atoms with Gasteiger partial charge < -0.3 is 9.88 Å². The van der Waals surface area contributed by atoms with Gasteiger partial charge in [-0.2, -0.15) is 0 Å². The molecule has 5 heteroatoms. The zero-order chi connectivity index (χ0) is 18.1. The Balaban J connectivity index is 2.00. The molecule has 1 N–H and O–H groups in total. The van der Waals surface area contributed by atoms with Crippen molar-refractivity contribution in [2.45, 2.75) is 34.2 Å². The van der Waals surface area contributed by atoms with Gasteiger partial charge >= 0.3 is 0 Å². The molecule has 3 rings (SSSR count). The van der Waals surface area contributed by atoms with E-state index in [1.807, 2.05) is 39.0 Å². The number of nitrogens with zero attached hydrogens (tertiary/aromatic N) is 2.